The zero-order chi connectivity index (χ0) is 20.5. The van der Waals surface area contributed by atoms with E-state index in [9.17, 15) is 20.1 Å². The van der Waals surface area contributed by atoms with Crippen LogP contribution in [0, 0.1) is 0 Å². The summed E-state index contributed by atoms with van der Waals surface area (Å²) in [5.74, 6) is -2.23. The number of anilines is 1. The number of thioether (sulfide) groups is 1. The number of aliphatic hydroxyl groups is 2. The van der Waals surface area contributed by atoms with Crippen LogP contribution in [0.5, 0.6) is 0 Å². The average molecular weight is 477 g/mol. The number of rotatable bonds is 8. The molecule has 2 aromatic heterocycles. The molecule has 154 valence electrons. The number of fused-ring (bicyclic) bond motifs is 1. The molecule has 0 amide bonds. The van der Waals surface area contributed by atoms with Crippen LogP contribution >= 0.6 is 27.7 Å². The number of carbonyl (C=O) groups is 1. The van der Waals surface area contributed by atoms with Gasteiger partial charge in [-0.2, -0.15) is 11.8 Å². The summed E-state index contributed by atoms with van der Waals surface area (Å²) in [5.41, 5.74) is 6.34. The van der Waals surface area contributed by atoms with Gasteiger partial charge in [-0.3, -0.25) is 14.7 Å². The van der Waals surface area contributed by atoms with E-state index in [2.05, 4.69) is 36.2 Å². The van der Waals surface area contributed by atoms with Crippen LogP contribution in [0.25, 0.3) is 11.2 Å². The first-order chi connectivity index (χ1) is 13.4. The molecule has 28 heavy (non-hydrogen) atoms. The second-order valence-corrected chi connectivity index (χ2v) is 7.94. The molecular formula is C15H21BrN6O5S. The highest BCUT2D eigenvalue weighted by molar-refractivity contribution is 9.09. The van der Waals surface area contributed by atoms with Crippen molar-refractivity contribution >= 4 is 50.6 Å². The normalized spacial score (nSPS) is 28.6. The molecule has 0 saturated carbocycles. The summed E-state index contributed by atoms with van der Waals surface area (Å²) in [7, 11) is 0. The van der Waals surface area contributed by atoms with E-state index < -0.39 is 36.2 Å². The Balaban J connectivity index is 2.12. The van der Waals surface area contributed by atoms with Crippen LogP contribution in [0.4, 0.5) is 5.82 Å². The lowest BCUT2D eigenvalue weighted by atomic mass is 10.1. The lowest BCUT2D eigenvalue weighted by molar-refractivity contribution is -0.173. The number of nitrogens with two attached hydrogens (primary N) is 1. The predicted octanol–water partition coefficient (Wildman–Crippen LogP) is -0.670. The van der Waals surface area contributed by atoms with Gasteiger partial charge in [-0.05, 0) is 18.4 Å². The number of nitrogens with zero attached hydrogens (tertiary/aromatic N) is 4. The van der Waals surface area contributed by atoms with Crippen molar-refractivity contribution in [1.29, 1.82) is 0 Å². The zero-order valence-electron chi connectivity index (χ0n) is 14.9. The predicted molar refractivity (Wildman–Crippen MR) is 106 cm³/mol. The average Bonchev–Trinajstić information content (AvgIpc) is 3.21. The van der Waals surface area contributed by atoms with Crippen LogP contribution in [0.3, 0.4) is 0 Å². The number of aliphatic hydroxyl groups excluding tert-OH is 2. The third-order valence-corrected chi connectivity index (χ3v) is 5.88. The van der Waals surface area contributed by atoms with Crippen LogP contribution in [-0.2, 0) is 15.4 Å². The summed E-state index contributed by atoms with van der Waals surface area (Å²) >= 11 is 4.74. The van der Waals surface area contributed by atoms with Gasteiger partial charge in [0.2, 0.25) is 5.85 Å². The fourth-order valence-corrected chi connectivity index (χ4v) is 4.14. The molecule has 13 heteroatoms. The minimum Gasteiger partial charge on any atom is -0.480 e. The van der Waals surface area contributed by atoms with Crippen LogP contribution in [0.2, 0.25) is 0 Å². The van der Waals surface area contributed by atoms with Crippen molar-refractivity contribution in [3.05, 3.63) is 12.7 Å². The summed E-state index contributed by atoms with van der Waals surface area (Å²) in [6, 6.07) is -1.06. The van der Waals surface area contributed by atoms with Crippen molar-refractivity contribution in [3.8, 4) is 0 Å². The number of ether oxygens (including phenoxy) is 1. The molecule has 0 aliphatic carbocycles. The van der Waals surface area contributed by atoms with E-state index in [1.165, 1.54) is 29.0 Å². The van der Waals surface area contributed by atoms with Crippen molar-refractivity contribution in [2.75, 3.05) is 23.1 Å². The molecule has 3 heterocycles. The van der Waals surface area contributed by atoms with E-state index in [0.717, 1.165) is 0 Å². The molecule has 0 radical (unpaired) electrons. The van der Waals surface area contributed by atoms with Gasteiger partial charge in [0.25, 0.3) is 0 Å². The van der Waals surface area contributed by atoms with Crippen LogP contribution in [-0.4, -0.2) is 82.5 Å². The number of hydrogen-bond acceptors (Lipinski definition) is 10. The topological polar surface area (TPSA) is 169 Å². The Morgan fingerprint density at radius 2 is 2.25 bits per heavy atom. The molecule has 2 aromatic rings. The molecular weight excluding hydrogens is 456 g/mol. The van der Waals surface area contributed by atoms with Crippen molar-refractivity contribution in [1.82, 2.24) is 24.8 Å². The third kappa shape index (κ3) is 3.57. The van der Waals surface area contributed by atoms with Gasteiger partial charge < -0.3 is 25.8 Å². The van der Waals surface area contributed by atoms with E-state index in [1.54, 1.807) is 0 Å². The zero-order valence-corrected chi connectivity index (χ0v) is 17.3. The molecule has 5 atom stereocenters. The summed E-state index contributed by atoms with van der Waals surface area (Å²) < 4.78 is 7.32. The Kier molecular flexibility index (Phi) is 6.41. The number of halogens is 1. The summed E-state index contributed by atoms with van der Waals surface area (Å²) in [5, 5.41) is 34.1. The standard InChI is InChI=1S/C15H21BrN6O5S/c1-28-3-2-7(14(25)26)21-15(11(24)10(23)8(4-16)27-15)22-6-20-9-12(17)18-5-19-13(9)22/h5-8,10-11,21,23-24H,2-4H2,1H3,(H,25,26)(H2,17,18,19)/t7-,8+,10+,11+,15-/m0/s1. The van der Waals surface area contributed by atoms with Gasteiger partial charge in [0, 0.05) is 5.33 Å². The van der Waals surface area contributed by atoms with Gasteiger partial charge in [-0.1, -0.05) is 15.9 Å². The molecule has 6 N–H and O–H groups in total. The van der Waals surface area contributed by atoms with Gasteiger partial charge in [0.1, 0.15) is 42.5 Å². The quantitative estimate of drug-likeness (QED) is 0.306. The monoisotopic (exact) mass is 476 g/mol. The Bertz CT molecular complexity index is 855. The Morgan fingerprint density at radius 1 is 1.50 bits per heavy atom. The number of imidazole rings is 1. The molecule has 0 aromatic carbocycles. The molecule has 1 aliphatic rings. The van der Waals surface area contributed by atoms with Crippen molar-refractivity contribution in [3.63, 3.8) is 0 Å². The molecule has 1 fully saturated rings. The first kappa shape index (κ1) is 21.2. The van der Waals surface area contributed by atoms with E-state index in [1.807, 2.05) is 6.26 Å². The lowest BCUT2D eigenvalue weighted by Gasteiger charge is -2.36. The van der Waals surface area contributed by atoms with Crippen molar-refractivity contribution in [2.24, 2.45) is 0 Å². The minimum atomic E-state index is -1.81. The first-order valence-corrected chi connectivity index (χ1v) is 10.9. The minimum absolute atomic E-state index is 0.126. The number of aliphatic carboxylic acids is 1. The fourth-order valence-electron chi connectivity index (χ4n) is 3.15. The number of alkyl halides is 1. The van der Waals surface area contributed by atoms with Gasteiger partial charge >= 0.3 is 5.97 Å². The van der Waals surface area contributed by atoms with Gasteiger partial charge in [0.05, 0.1) is 0 Å². The smallest absolute Gasteiger partial charge is 0.320 e. The summed E-state index contributed by atoms with van der Waals surface area (Å²) in [4.78, 5) is 24.0. The number of hydrogen-bond donors (Lipinski definition) is 5. The maximum atomic E-state index is 11.8. The van der Waals surface area contributed by atoms with Crippen LogP contribution in [0.15, 0.2) is 12.7 Å². The maximum Gasteiger partial charge on any atom is 0.320 e. The Labute approximate surface area is 172 Å². The highest BCUT2D eigenvalue weighted by Crippen LogP contribution is 2.37. The van der Waals surface area contributed by atoms with Gasteiger partial charge in [0.15, 0.2) is 11.5 Å². The van der Waals surface area contributed by atoms with Gasteiger partial charge in [-0.15, -0.1) is 0 Å². The van der Waals surface area contributed by atoms with E-state index >= 15 is 0 Å². The van der Waals surface area contributed by atoms with Crippen LogP contribution in [0.1, 0.15) is 6.42 Å². The molecule has 3 rings (SSSR count). The fraction of sp³-hybridized carbons (Fsp3) is 0.600. The lowest BCUT2D eigenvalue weighted by Crippen LogP contribution is -2.61. The van der Waals surface area contributed by atoms with Crippen molar-refractivity contribution in [2.45, 2.75) is 36.6 Å². The molecule has 1 aliphatic heterocycles. The Morgan fingerprint density at radius 3 is 2.86 bits per heavy atom. The molecule has 0 unspecified atom stereocenters. The number of carboxylic acid groups (broad SMARTS) is 1. The van der Waals surface area contributed by atoms with Crippen molar-refractivity contribution < 1.29 is 24.9 Å². The SMILES string of the molecule is CSCC[C@H](N[C@@]1(n2cnc3c(N)ncnc32)O[C@H](CBr)[C@@H](O)[C@H]1O)C(=O)O. The highest BCUT2D eigenvalue weighted by Gasteiger charge is 2.57. The first-order valence-electron chi connectivity index (χ1n) is 8.39. The highest BCUT2D eigenvalue weighted by atomic mass is 79.9. The number of nitrogen functional groups attached to an aromatic ring is 1. The van der Waals surface area contributed by atoms with E-state index in [4.69, 9.17) is 10.5 Å². The van der Waals surface area contributed by atoms with Crippen LogP contribution < -0.4 is 11.1 Å². The van der Waals surface area contributed by atoms with E-state index in [0.29, 0.717) is 5.75 Å². The van der Waals surface area contributed by atoms with Gasteiger partial charge in [-0.25, -0.2) is 15.0 Å². The van der Waals surface area contributed by atoms with E-state index in [-0.39, 0.29) is 28.7 Å². The number of nitrogens with one attached hydrogen (secondary N) is 1. The largest absolute Gasteiger partial charge is 0.480 e. The second kappa shape index (κ2) is 8.47. The molecule has 0 bridgehead atoms. The molecule has 11 nitrogen and oxygen atoms in total. The third-order valence-electron chi connectivity index (χ3n) is 4.60. The summed E-state index contributed by atoms with van der Waals surface area (Å²) in [6.07, 6.45) is 1.11. The Hall–Kier alpha value is -1.51. The summed E-state index contributed by atoms with van der Waals surface area (Å²) in [6.45, 7) is 0. The maximum absolute atomic E-state index is 11.8. The number of aromatic nitrogens is 4. The molecule has 1 saturated heterocycles. The number of carboxylic acids is 1. The second-order valence-electron chi connectivity index (χ2n) is 6.30. The molecule has 0 spiro atoms.